The minimum atomic E-state index is -1.53. The van der Waals surface area contributed by atoms with Crippen LogP contribution in [0.5, 0.6) is 0 Å². The fourth-order valence-corrected chi connectivity index (χ4v) is 9.00. The Morgan fingerprint density at radius 1 is 0.930 bits per heavy atom. The van der Waals surface area contributed by atoms with Gasteiger partial charge in [-0.25, -0.2) is 4.79 Å². The predicted molar refractivity (Wildman–Crippen MR) is 152 cm³/mol. The van der Waals surface area contributed by atoms with Crippen molar-refractivity contribution in [3.05, 3.63) is 48.0 Å². The molecule has 0 spiro atoms. The summed E-state index contributed by atoms with van der Waals surface area (Å²) in [5.74, 6) is -4.51. The second kappa shape index (κ2) is 10.7. The Kier molecular flexibility index (Phi) is 7.79. The van der Waals surface area contributed by atoms with E-state index in [1.54, 1.807) is 36.4 Å². The van der Waals surface area contributed by atoms with Gasteiger partial charge in [0.2, 0.25) is 0 Å². The molecule has 1 heterocycles. The van der Waals surface area contributed by atoms with E-state index in [0.29, 0.717) is 5.56 Å². The Balaban J connectivity index is 1.76. The first-order valence-corrected chi connectivity index (χ1v) is 14.9. The van der Waals surface area contributed by atoms with Crippen LogP contribution >= 0.6 is 0 Å². The van der Waals surface area contributed by atoms with E-state index in [9.17, 15) is 24.3 Å². The van der Waals surface area contributed by atoms with Gasteiger partial charge in [-0.3, -0.25) is 14.4 Å². The van der Waals surface area contributed by atoms with Gasteiger partial charge >= 0.3 is 23.9 Å². The summed E-state index contributed by atoms with van der Waals surface area (Å²) in [6.45, 7) is 11.2. The minimum absolute atomic E-state index is 0.124. The lowest BCUT2D eigenvalue weighted by molar-refractivity contribution is -0.213. The van der Waals surface area contributed by atoms with Crippen LogP contribution in [0.4, 0.5) is 0 Å². The molecular formula is C33H42O10. The maximum Gasteiger partial charge on any atom is 0.338 e. The zero-order chi connectivity index (χ0) is 31.5. The van der Waals surface area contributed by atoms with Crippen LogP contribution in [0.15, 0.2) is 42.5 Å². The minimum Gasteiger partial charge on any atom is -0.465 e. The molecular weight excluding hydrogens is 556 g/mol. The standard InChI is InChI=1S/C33H42O10/c1-18-15-32(38)16-31(7)27-23(30(5,6)43-31)13-14-24(40-20(3)35)33(27,17-39-19(2)34)28(41-21(4)36)25(32)26(18)42-29(37)22-11-9-8-10-12-22/h8-14,18,23-28,38H,15-17H2,1-7H3/t18-,23?,24+,25+,26-,27-,28+,31+,32-,33+/m0/s1. The third-order valence-electron chi connectivity index (χ3n) is 10.0. The lowest BCUT2D eigenvalue weighted by Crippen LogP contribution is -2.64. The molecule has 10 nitrogen and oxygen atoms in total. The van der Waals surface area contributed by atoms with Gasteiger partial charge in [0.1, 0.15) is 24.9 Å². The summed E-state index contributed by atoms with van der Waals surface area (Å²) >= 11 is 0. The average Bonchev–Trinajstić information content (AvgIpc) is 3.23. The number of benzene rings is 1. The molecule has 5 rings (SSSR count). The number of fused-ring (bicyclic) bond motifs is 1. The van der Waals surface area contributed by atoms with Crippen molar-refractivity contribution < 1.29 is 48.0 Å². The van der Waals surface area contributed by atoms with E-state index in [-0.39, 0.29) is 31.3 Å². The molecule has 10 atom stereocenters. The quantitative estimate of drug-likeness (QED) is 0.293. The topological polar surface area (TPSA) is 135 Å². The van der Waals surface area contributed by atoms with Gasteiger partial charge in [0.25, 0.3) is 0 Å². The van der Waals surface area contributed by atoms with E-state index in [1.807, 2.05) is 33.8 Å². The Labute approximate surface area is 252 Å². The van der Waals surface area contributed by atoms with Crippen molar-refractivity contribution in [3.63, 3.8) is 0 Å². The number of carbonyl (C=O) groups is 4. The number of hydrogen-bond acceptors (Lipinski definition) is 10. The summed E-state index contributed by atoms with van der Waals surface area (Å²) in [4.78, 5) is 51.3. The molecule has 234 valence electrons. The molecule has 0 radical (unpaired) electrons. The number of esters is 4. The second-order valence-corrected chi connectivity index (χ2v) is 13.6. The van der Waals surface area contributed by atoms with Crippen LogP contribution in [-0.2, 0) is 38.1 Å². The number of rotatable bonds is 6. The van der Waals surface area contributed by atoms with E-state index in [4.69, 9.17) is 23.7 Å². The first kappa shape index (κ1) is 31.2. The van der Waals surface area contributed by atoms with Crippen LogP contribution in [-0.4, -0.2) is 70.7 Å². The molecule has 0 amide bonds. The van der Waals surface area contributed by atoms with Crippen LogP contribution in [0.25, 0.3) is 0 Å². The van der Waals surface area contributed by atoms with Crippen LogP contribution in [0.3, 0.4) is 0 Å². The number of carbonyl (C=O) groups excluding carboxylic acids is 4. The number of hydrogen-bond donors (Lipinski definition) is 1. The smallest absolute Gasteiger partial charge is 0.338 e. The Morgan fingerprint density at radius 3 is 2.19 bits per heavy atom. The van der Waals surface area contributed by atoms with Gasteiger partial charge in [-0.05, 0) is 51.3 Å². The summed E-state index contributed by atoms with van der Waals surface area (Å²) in [6.07, 6.45) is 0.931. The number of aliphatic hydroxyl groups is 1. The van der Waals surface area contributed by atoms with Crippen molar-refractivity contribution in [1.29, 1.82) is 0 Å². The summed E-state index contributed by atoms with van der Waals surface area (Å²) in [5, 5.41) is 12.7. The molecule has 10 heteroatoms. The number of ether oxygens (including phenoxy) is 5. The molecule has 0 aromatic heterocycles. The fourth-order valence-electron chi connectivity index (χ4n) is 9.00. The summed E-state index contributed by atoms with van der Waals surface area (Å²) < 4.78 is 30.9. The first-order chi connectivity index (χ1) is 20.0. The molecule has 1 aromatic rings. The normalized spacial score (nSPS) is 40.4. The second-order valence-electron chi connectivity index (χ2n) is 13.6. The van der Waals surface area contributed by atoms with Crippen LogP contribution in [0, 0.1) is 29.1 Å². The van der Waals surface area contributed by atoms with Gasteiger partial charge in [0.05, 0.1) is 33.7 Å². The van der Waals surface area contributed by atoms with E-state index in [0.717, 1.165) is 0 Å². The van der Waals surface area contributed by atoms with Crippen molar-refractivity contribution >= 4 is 23.9 Å². The third kappa shape index (κ3) is 5.16. The van der Waals surface area contributed by atoms with Crippen molar-refractivity contribution in [2.24, 2.45) is 29.1 Å². The Hall–Kier alpha value is -3.24. The SMILES string of the molecule is CC(=O)OC[C@@]12[C@H](OC(C)=O)[C@H]3[C@@H](OC(=O)c4ccccc4)[C@@H](C)C[C@]3(O)C[C@@]3(C)OC(C)(C)C(C=C[C@H]1OC(C)=O)[C@H]23. The van der Waals surface area contributed by atoms with Crippen molar-refractivity contribution in [3.8, 4) is 0 Å². The van der Waals surface area contributed by atoms with E-state index >= 15 is 0 Å². The molecule has 2 saturated carbocycles. The van der Waals surface area contributed by atoms with Gasteiger partial charge in [-0.1, -0.05) is 31.2 Å². The highest BCUT2D eigenvalue weighted by molar-refractivity contribution is 5.89. The predicted octanol–water partition coefficient (Wildman–Crippen LogP) is 3.79. The van der Waals surface area contributed by atoms with E-state index in [1.165, 1.54) is 20.8 Å². The lowest BCUT2D eigenvalue weighted by atomic mass is 9.54. The van der Waals surface area contributed by atoms with Gasteiger partial charge < -0.3 is 28.8 Å². The van der Waals surface area contributed by atoms with Crippen molar-refractivity contribution in [2.75, 3.05) is 6.61 Å². The molecule has 43 heavy (non-hydrogen) atoms. The molecule has 1 aliphatic heterocycles. The molecule has 3 aliphatic carbocycles. The first-order valence-electron chi connectivity index (χ1n) is 14.9. The van der Waals surface area contributed by atoms with Gasteiger partial charge in [0.15, 0.2) is 0 Å². The van der Waals surface area contributed by atoms with E-state index < -0.39 is 76.2 Å². The maximum atomic E-state index is 13.4. The monoisotopic (exact) mass is 598 g/mol. The molecule has 4 aliphatic rings. The zero-order valence-corrected chi connectivity index (χ0v) is 25.8. The molecule has 3 fully saturated rings. The van der Waals surface area contributed by atoms with Crippen molar-refractivity contribution in [1.82, 2.24) is 0 Å². The van der Waals surface area contributed by atoms with Crippen LogP contribution in [0.2, 0.25) is 0 Å². The summed E-state index contributed by atoms with van der Waals surface area (Å²) in [7, 11) is 0. The third-order valence-corrected chi connectivity index (χ3v) is 10.0. The zero-order valence-electron chi connectivity index (χ0n) is 25.8. The highest BCUT2D eigenvalue weighted by atomic mass is 16.6. The molecule has 1 unspecified atom stereocenters. The maximum absolute atomic E-state index is 13.4. The van der Waals surface area contributed by atoms with Crippen LogP contribution < -0.4 is 0 Å². The Morgan fingerprint density at radius 2 is 1.58 bits per heavy atom. The average molecular weight is 599 g/mol. The van der Waals surface area contributed by atoms with Gasteiger partial charge in [-0.2, -0.15) is 0 Å². The summed E-state index contributed by atoms with van der Waals surface area (Å²) in [5.41, 5.74) is -4.36. The van der Waals surface area contributed by atoms with Crippen LogP contribution in [0.1, 0.15) is 71.7 Å². The van der Waals surface area contributed by atoms with Gasteiger partial charge in [-0.15, -0.1) is 0 Å². The van der Waals surface area contributed by atoms with Gasteiger partial charge in [0, 0.05) is 39.0 Å². The lowest BCUT2D eigenvalue weighted by Gasteiger charge is -2.53. The highest BCUT2D eigenvalue weighted by Gasteiger charge is 2.77. The highest BCUT2D eigenvalue weighted by Crippen LogP contribution is 2.68. The fraction of sp³-hybridized carbons (Fsp3) is 0.636. The molecule has 1 N–H and O–H groups in total. The molecule has 1 aromatic carbocycles. The summed E-state index contributed by atoms with van der Waals surface area (Å²) in [6, 6.07) is 8.53. The molecule has 0 bridgehead atoms. The molecule has 1 saturated heterocycles. The largest absolute Gasteiger partial charge is 0.465 e. The van der Waals surface area contributed by atoms with E-state index in [2.05, 4.69) is 0 Å². The Bertz CT molecular complexity index is 1320. The van der Waals surface area contributed by atoms with Crippen molar-refractivity contribution in [2.45, 2.75) is 96.4 Å².